The van der Waals surface area contributed by atoms with Crippen LogP contribution in [0, 0.1) is 0 Å². The van der Waals surface area contributed by atoms with E-state index in [-0.39, 0.29) is 11.9 Å². The van der Waals surface area contributed by atoms with E-state index in [1.54, 1.807) is 0 Å². The number of benzene rings is 2. The first-order valence-electron chi connectivity index (χ1n) is 9.10. The Bertz CT molecular complexity index is 744. The highest BCUT2D eigenvalue weighted by Crippen LogP contribution is 2.45. The zero-order valence-corrected chi connectivity index (χ0v) is 16.6. The molecule has 136 valence electrons. The van der Waals surface area contributed by atoms with Gasteiger partial charge in [0, 0.05) is 36.7 Å². The van der Waals surface area contributed by atoms with Gasteiger partial charge in [-0.3, -0.25) is 4.79 Å². The van der Waals surface area contributed by atoms with Gasteiger partial charge in [-0.2, -0.15) is 0 Å². The lowest BCUT2D eigenvalue weighted by atomic mass is 10.0. The van der Waals surface area contributed by atoms with Crippen LogP contribution in [-0.4, -0.2) is 53.9 Å². The van der Waals surface area contributed by atoms with Gasteiger partial charge in [0.1, 0.15) is 0 Å². The van der Waals surface area contributed by atoms with E-state index >= 15 is 0 Å². The van der Waals surface area contributed by atoms with E-state index in [1.807, 2.05) is 46.6 Å². The van der Waals surface area contributed by atoms with Gasteiger partial charge in [0.25, 0.3) is 5.91 Å². The van der Waals surface area contributed by atoms with E-state index in [9.17, 15) is 4.79 Å². The monoisotopic (exact) mass is 384 g/mol. The van der Waals surface area contributed by atoms with E-state index in [1.165, 1.54) is 22.6 Å². The number of hydrogen-bond acceptors (Lipinski definition) is 4. The van der Waals surface area contributed by atoms with Crippen molar-refractivity contribution in [2.24, 2.45) is 0 Å². The minimum absolute atomic E-state index is 0.114. The predicted octanol–water partition coefficient (Wildman–Crippen LogP) is 4.29. The van der Waals surface area contributed by atoms with Gasteiger partial charge < -0.3 is 9.80 Å². The van der Waals surface area contributed by atoms with Crippen LogP contribution >= 0.6 is 23.5 Å². The molecule has 0 aromatic heterocycles. The maximum absolute atomic E-state index is 13.2. The van der Waals surface area contributed by atoms with Crippen molar-refractivity contribution in [3.05, 3.63) is 71.3 Å². The molecule has 2 saturated heterocycles. The highest BCUT2D eigenvalue weighted by atomic mass is 32.2. The van der Waals surface area contributed by atoms with Crippen molar-refractivity contribution in [3.8, 4) is 0 Å². The van der Waals surface area contributed by atoms with Crippen molar-refractivity contribution in [1.82, 2.24) is 9.80 Å². The van der Waals surface area contributed by atoms with E-state index in [0.29, 0.717) is 4.58 Å². The van der Waals surface area contributed by atoms with Crippen LogP contribution in [0.3, 0.4) is 0 Å². The first-order valence-corrected chi connectivity index (χ1v) is 11.2. The van der Waals surface area contributed by atoms with E-state index in [4.69, 9.17) is 0 Å². The van der Waals surface area contributed by atoms with Crippen LogP contribution in [0.2, 0.25) is 0 Å². The summed E-state index contributed by atoms with van der Waals surface area (Å²) < 4.78 is 0.528. The molecule has 0 aliphatic carbocycles. The lowest BCUT2D eigenvalue weighted by Crippen LogP contribution is -2.49. The van der Waals surface area contributed by atoms with Crippen LogP contribution < -0.4 is 0 Å². The molecule has 0 saturated carbocycles. The van der Waals surface area contributed by atoms with Crippen molar-refractivity contribution in [3.63, 3.8) is 0 Å². The molecule has 3 nitrogen and oxygen atoms in total. The predicted molar refractivity (Wildman–Crippen MR) is 112 cm³/mol. The number of rotatable bonds is 3. The van der Waals surface area contributed by atoms with Crippen molar-refractivity contribution in [2.45, 2.75) is 10.6 Å². The zero-order valence-electron chi connectivity index (χ0n) is 15.0. The summed E-state index contributed by atoms with van der Waals surface area (Å²) in [6.07, 6.45) is 0. The number of piperazine rings is 1. The number of amides is 1. The standard InChI is InChI=1S/C21H24N2OS2/c1-22-11-12-23(19(15-22)16-5-3-2-4-6-16)20(24)17-7-9-18(10-8-17)21-25-13-14-26-21/h2-10,19,21H,11-15H2,1H3/t19-/m1/s1. The summed E-state index contributed by atoms with van der Waals surface area (Å²) in [6, 6.07) is 18.8. The topological polar surface area (TPSA) is 23.6 Å². The Balaban J connectivity index is 1.55. The summed E-state index contributed by atoms with van der Waals surface area (Å²) in [4.78, 5) is 17.6. The van der Waals surface area contributed by atoms with Gasteiger partial charge in [0.2, 0.25) is 0 Å². The minimum atomic E-state index is 0.114. The summed E-state index contributed by atoms with van der Waals surface area (Å²) in [5.74, 6) is 2.58. The molecule has 2 aliphatic heterocycles. The second-order valence-corrected chi connectivity index (χ2v) is 9.61. The quantitative estimate of drug-likeness (QED) is 0.787. The summed E-state index contributed by atoms with van der Waals surface area (Å²) in [6.45, 7) is 2.57. The normalized spacial score (nSPS) is 21.9. The van der Waals surface area contributed by atoms with Crippen molar-refractivity contribution in [1.29, 1.82) is 0 Å². The van der Waals surface area contributed by atoms with Gasteiger partial charge in [0.05, 0.1) is 10.6 Å². The summed E-state index contributed by atoms with van der Waals surface area (Å²) in [5.41, 5.74) is 3.34. The molecule has 2 aromatic carbocycles. The summed E-state index contributed by atoms with van der Waals surface area (Å²) in [7, 11) is 2.13. The SMILES string of the molecule is CN1CCN(C(=O)c2ccc(C3SCCS3)cc2)[C@@H](c2ccccc2)C1. The smallest absolute Gasteiger partial charge is 0.254 e. The molecule has 0 N–H and O–H groups in total. The average molecular weight is 385 g/mol. The fraction of sp³-hybridized carbons (Fsp3) is 0.381. The van der Waals surface area contributed by atoms with E-state index < -0.39 is 0 Å². The lowest BCUT2D eigenvalue weighted by Gasteiger charge is -2.40. The molecule has 2 aliphatic rings. The molecule has 0 unspecified atom stereocenters. The third-order valence-corrected chi connectivity index (χ3v) is 8.18. The van der Waals surface area contributed by atoms with E-state index in [0.717, 1.165) is 25.2 Å². The number of nitrogens with zero attached hydrogens (tertiary/aromatic N) is 2. The first-order chi connectivity index (χ1) is 12.7. The van der Waals surface area contributed by atoms with Gasteiger partial charge in [-0.15, -0.1) is 23.5 Å². The molecule has 0 radical (unpaired) electrons. The third kappa shape index (κ3) is 3.80. The number of carbonyl (C=O) groups excluding carboxylic acids is 1. The van der Waals surface area contributed by atoms with Gasteiger partial charge >= 0.3 is 0 Å². The molecule has 4 rings (SSSR count). The molecule has 2 heterocycles. The number of carbonyl (C=O) groups is 1. The first kappa shape index (κ1) is 18.0. The molecular weight excluding hydrogens is 360 g/mol. The van der Waals surface area contributed by atoms with Crippen LogP contribution in [0.1, 0.15) is 32.1 Å². The second kappa shape index (κ2) is 8.07. The molecule has 1 amide bonds. The summed E-state index contributed by atoms with van der Waals surface area (Å²) in [5, 5.41) is 0. The average Bonchev–Trinajstić information content (AvgIpc) is 3.23. The Hall–Kier alpha value is -1.43. The molecule has 0 bridgehead atoms. The lowest BCUT2D eigenvalue weighted by molar-refractivity contribution is 0.0498. The number of likely N-dealkylation sites (N-methyl/N-ethyl adjacent to an activating group) is 1. The molecule has 5 heteroatoms. The molecule has 1 atom stereocenters. The Morgan fingerprint density at radius 2 is 1.62 bits per heavy atom. The Morgan fingerprint density at radius 3 is 2.31 bits per heavy atom. The Kier molecular flexibility index (Phi) is 5.57. The molecule has 2 fully saturated rings. The van der Waals surface area contributed by atoms with Crippen molar-refractivity contribution >= 4 is 29.4 Å². The number of hydrogen-bond donors (Lipinski definition) is 0. The van der Waals surface area contributed by atoms with Crippen LogP contribution in [0.5, 0.6) is 0 Å². The largest absolute Gasteiger partial charge is 0.329 e. The highest BCUT2D eigenvalue weighted by molar-refractivity contribution is 8.19. The maximum atomic E-state index is 13.2. The van der Waals surface area contributed by atoms with Gasteiger partial charge in [-0.05, 0) is 30.3 Å². The maximum Gasteiger partial charge on any atom is 0.254 e. The van der Waals surface area contributed by atoms with Gasteiger partial charge in [-0.1, -0.05) is 42.5 Å². The fourth-order valence-electron chi connectivity index (χ4n) is 3.62. The van der Waals surface area contributed by atoms with Crippen molar-refractivity contribution < 1.29 is 4.79 Å². The zero-order chi connectivity index (χ0) is 17.9. The molecule has 0 spiro atoms. The van der Waals surface area contributed by atoms with Crippen LogP contribution in [0.15, 0.2) is 54.6 Å². The third-order valence-electron chi connectivity index (χ3n) is 5.08. The molecular formula is C21H24N2OS2. The van der Waals surface area contributed by atoms with Crippen LogP contribution in [-0.2, 0) is 0 Å². The van der Waals surface area contributed by atoms with Crippen molar-refractivity contribution in [2.75, 3.05) is 38.2 Å². The fourth-order valence-corrected chi connectivity index (χ4v) is 6.48. The van der Waals surface area contributed by atoms with Gasteiger partial charge in [0.15, 0.2) is 0 Å². The highest BCUT2D eigenvalue weighted by Gasteiger charge is 2.31. The molecule has 2 aromatic rings. The van der Waals surface area contributed by atoms with Crippen LogP contribution in [0.4, 0.5) is 0 Å². The Labute approximate surface area is 164 Å². The Morgan fingerprint density at radius 1 is 0.923 bits per heavy atom. The molecule has 26 heavy (non-hydrogen) atoms. The number of thioether (sulfide) groups is 2. The minimum Gasteiger partial charge on any atom is -0.329 e. The van der Waals surface area contributed by atoms with E-state index in [2.05, 4.69) is 48.3 Å². The van der Waals surface area contributed by atoms with Gasteiger partial charge in [-0.25, -0.2) is 0 Å². The summed E-state index contributed by atoms with van der Waals surface area (Å²) >= 11 is 4.00. The second-order valence-electron chi connectivity index (χ2n) is 6.88. The van der Waals surface area contributed by atoms with Crippen LogP contribution in [0.25, 0.3) is 0 Å².